The van der Waals surface area contributed by atoms with E-state index in [1.165, 1.54) is 22.5 Å². The van der Waals surface area contributed by atoms with Crippen molar-refractivity contribution in [1.82, 2.24) is 0 Å². The second-order valence-corrected chi connectivity index (χ2v) is 6.34. The molecule has 2 nitrogen and oxygen atoms in total. The van der Waals surface area contributed by atoms with E-state index in [9.17, 15) is 0 Å². The summed E-state index contributed by atoms with van der Waals surface area (Å²) < 4.78 is 0. The molecule has 23 heavy (non-hydrogen) atoms. The Morgan fingerprint density at radius 2 is 1.00 bits per heavy atom. The van der Waals surface area contributed by atoms with E-state index < -0.39 is 0 Å². The molecule has 126 valence electrons. The van der Waals surface area contributed by atoms with Crippen molar-refractivity contribution < 1.29 is 0 Å². The summed E-state index contributed by atoms with van der Waals surface area (Å²) in [5, 5.41) is 7.10. The molecule has 2 aromatic carbocycles. The second-order valence-electron chi connectivity index (χ2n) is 6.34. The van der Waals surface area contributed by atoms with Crippen LogP contribution in [0.5, 0.6) is 0 Å². The largest absolute Gasteiger partial charge is 0.383 e. The van der Waals surface area contributed by atoms with Crippen LogP contribution in [0.15, 0.2) is 48.5 Å². The highest BCUT2D eigenvalue weighted by molar-refractivity contribution is 5.85. The van der Waals surface area contributed by atoms with Gasteiger partial charge in [-0.15, -0.1) is 12.4 Å². The van der Waals surface area contributed by atoms with Gasteiger partial charge in [-0.2, -0.15) is 0 Å². The molecule has 0 aliphatic carbocycles. The van der Waals surface area contributed by atoms with Gasteiger partial charge in [0, 0.05) is 24.5 Å². The SMILES string of the molecule is CC(C)c1ccccc1NCCNc1ccccc1C(C)C.Cl. The van der Waals surface area contributed by atoms with Crippen LogP contribution < -0.4 is 10.6 Å². The van der Waals surface area contributed by atoms with E-state index in [0.29, 0.717) is 11.8 Å². The second kappa shape index (κ2) is 9.46. The number of rotatable bonds is 7. The van der Waals surface area contributed by atoms with Gasteiger partial charge in [0.15, 0.2) is 0 Å². The molecule has 0 radical (unpaired) electrons. The lowest BCUT2D eigenvalue weighted by Gasteiger charge is -2.17. The van der Waals surface area contributed by atoms with Crippen molar-refractivity contribution in [3.8, 4) is 0 Å². The highest BCUT2D eigenvalue weighted by Gasteiger charge is 2.06. The first-order valence-electron chi connectivity index (χ1n) is 8.25. The van der Waals surface area contributed by atoms with E-state index in [1.807, 2.05) is 0 Å². The predicted molar refractivity (Wildman–Crippen MR) is 105 cm³/mol. The standard InChI is InChI=1S/C20H28N2.ClH/c1-15(2)17-9-5-7-11-19(17)21-13-14-22-20-12-8-6-10-18(20)16(3)4;/h5-12,15-16,21-22H,13-14H2,1-4H3;1H. The van der Waals surface area contributed by atoms with Gasteiger partial charge in [-0.05, 0) is 35.1 Å². The van der Waals surface area contributed by atoms with Gasteiger partial charge >= 0.3 is 0 Å². The Morgan fingerprint density at radius 3 is 1.35 bits per heavy atom. The predicted octanol–water partition coefficient (Wildman–Crippen LogP) is 5.88. The Hall–Kier alpha value is -1.67. The minimum atomic E-state index is 0. The molecule has 0 aliphatic heterocycles. The van der Waals surface area contributed by atoms with Crippen LogP contribution in [0.1, 0.15) is 50.7 Å². The molecule has 2 N–H and O–H groups in total. The summed E-state index contributed by atoms with van der Waals surface area (Å²) in [6.07, 6.45) is 0. The summed E-state index contributed by atoms with van der Waals surface area (Å²) in [4.78, 5) is 0. The van der Waals surface area contributed by atoms with Crippen molar-refractivity contribution in [3.05, 3.63) is 59.7 Å². The molecule has 0 spiro atoms. The fraction of sp³-hybridized carbons (Fsp3) is 0.400. The minimum Gasteiger partial charge on any atom is -0.383 e. The minimum absolute atomic E-state index is 0. The smallest absolute Gasteiger partial charge is 0.0375 e. The van der Waals surface area contributed by atoms with Crippen LogP contribution in [0.25, 0.3) is 0 Å². The van der Waals surface area contributed by atoms with Crippen LogP contribution in [0.2, 0.25) is 0 Å². The van der Waals surface area contributed by atoms with E-state index in [1.54, 1.807) is 0 Å². The van der Waals surface area contributed by atoms with Gasteiger partial charge in [-0.3, -0.25) is 0 Å². The van der Waals surface area contributed by atoms with Crippen molar-refractivity contribution in [1.29, 1.82) is 0 Å². The lowest BCUT2D eigenvalue weighted by atomic mass is 10.0. The Balaban J connectivity index is 0.00000264. The van der Waals surface area contributed by atoms with Gasteiger partial charge in [-0.25, -0.2) is 0 Å². The zero-order valence-corrected chi connectivity index (χ0v) is 15.4. The van der Waals surface area contributed by atoms with E-state index in [-0.39, 0.29) is 12.4 Å². The third-order valence-corrected chi connectivity index (χ3v) is 3.92. The summed E-state index contributed by atoms with van der Waals surface area (Å²) >= 11 is 0. The Kier molecular flexibility index (Phi) is 7.97. The molecule has 0 aromatic heterocycles. The maximum atomic E-state index is 3.55. The molecule has 0 bridgehead atoms. The van der Waals surface area contributed by atoms with Crippen LogP contribution in [-0.4, -0.2) is 13.1 Å². The number of halogens is 1. The van der Waals surface area contributed by atoms with Crippen molar-refractivity contribution in [2.75, 3.05) is 23.7 Å². The number of nitrogens with one attached hydrogen (secondary N) is 2. The number of anilines is 2. The number of benzene rings is 2. The molecule has 0 heterocycles. The number of hydrogen-bond acceptors (Lipinski definition) is 2. The molecule has 0 fully saturated rings. The van der Waals surface area contributed by atoms with Gasteiger partial charge in [0.2, 0.25) is 0 Å². The summed E-state index contributed by atoms with van der Waals surface area (Å²) in [7, 11) is 0. The fourth-order valence-electron chi connectivity index (χ4n) is 2.72. The van der Waals surface area contributed by atoms with Gasteiger partial charge in [0.1, 0.15) is 0 Å². The van der Waals surface area contributed by atoms with Crippen LogP contribution in [0.4, 0.5) is 11.4 Å². The van der Waals surface area contributed by atoms with Crippen LogP contribution in [0, 0.1) is 0 Å². The summed E-state index contributed by atoms with van der Waals surface area (Å²) in [5.74, 6) is 1.08. The normalized spacial score (nSPS) is 10.5. The van der Waals surface area contributed by atoms with E-state index in [2.05, 4.69) is 86.9 Å². The number of para-hydroxylation sites is 2. The average molecular weight is 333 g/mol. The summed E-state index contributed by atoms with van der Waals surface area (Å²) in [6.45, 7) is 10.8. The Labute approximate surface area is 147 Å². The lowest BCUT2D eigenvalue weighted by Crippen LogP contribution is -2.15. The monoisotopic (exact) mass is 332 g/mol. The Bertz CT molecular complexity index is 540. The fourth-order valence-corrected chi connectivity index (χ4v) is 2.72. The van der Waals surface area contributed by atoms with Gasteiger partial charge in [0.05, 0.1) is 0 Å². The molecule has 0 saturated carbocycles. The first-order chi connectivity index (χ1) is 10.6. The average Bonchev–Trinajstić information content (AvgIpc) is 2.52. The summed E-state index contributed by atoms with van der Waals surface area (Å²) in [6, 6.07) is 17.1. The van der Waals surface area contributed by atoms with Crippen molar-refractivity contribution in [2.45, 2.75) is 39.5 Å². The zero-order chi connectivity index (χ0) is 15.9. The highest BCUT2D eigenvalue weighted by Crippen LogP contribution is 2.24. The maximum Gasteiger partial charge on any atom is 0.0375 e. The molecule has 2 rings (SSSR count). The van der Waals surface area contributed by atoms with Crippen molar-refractivity contribution in [3.63, 3.8) is 0 Å². The maximum absolute atomic E-state index is 3.55. The first-order valence-corrected chi connectivity index (χ1v) is 8.25. The molecule has 0 atom stereocenters. The first kappa shape index (κ1) is 19.4. The van der Waals surface area contributed by atoms with Crippen LogP contribution >= 0.6 is 12.4 Å². The molecule has 0 amide bonds. The van der Waals surface area contributed by atoms with Gasteiger partial charge < -0.3 is 10.6 Å². The molecular weight excluding hydrogens is 304 g/mol. The highest BCUT2D eigenvalue weighted by atomic mass is 35.5. The quantitative estimate of drug-likeness (QED) is 0.619. The third kappa shape index (κ3) is 5.47. The third-order valence-electron chi connectivity index (χ3n) is 3.92. The molecule has 0 aliphatic rings. The van der Waals surface area contributed by atoms with Crippen LogP contribution in [-0.2, 0) is 0 Å². The lowest BCUT2D eigenvalue weighted by molar-refractivity contribution is 0.861. The van der Waals surface area contributed by atoms with E-state index in [0.717, 1.165) is 13.1 Å². The number of hydrogen-bond donors (Lipinski definition) is 2. The molecular formula is C20H29ClN2. The Morgan fingerprint density at radius 1 is 0.652 bits per heavy atom. The van der Waals surface area contributed by atoms with E-state index in [4.69, 9.17) is 0 Å². The topological polar surface area (TPSA) is 24.1 Å². The molecule has 0 unspecified atom stereocenters. The van der Waals surface area contributed by atoms with Gasteiger partial charge in [0.25, 0.3) is 0 Å². The summed E-state index contributed by atoms with van der Waals surface area (Å²) in [5.41, 5.74) is 5.25. The zero-order valence-electron chi connectivity index (χ0n) is 14.6. The molecule has 0 saturated heterocycles. The van der Waals surface area contributed by atoms with Crippen molar-refractivity contribution >= 4 is 23.8 Å². The van der Waals surface area contributed by atoms with Gasteiger partial charge in [-0.1, -0.05) is 64.1 Å². The van der Waals surface area contributed by atoms with Crippen molar-refractivity contribution in [2.24, 2.45) is 0 Å². The molecule has 2 aromatic rings. The van der Waals surface area contributed by atoms with Crippen LogP contribution in [0.3, 0.4) is 0 Å². The van der Waals surface area contributed by atoms with E-state index >= 15 is 0 Å². The molecule has 3 heteroatoms.